The van der Waals surface area contributed by atoms with E-state index in [4.69, 9.17) is 4.74 Å². The molecular weight excluding hydrogens is 322 g/mol. The van der Waals surface area contributed by atoms with E-state index in [9.17, 15) is 13.6 Å². The van der Waals surface area contributed by atoms with Crippen molar-refractivity contribution in [3.8, 4) is 6.01 Å². The van der Waals surface area contributed by atoms with Crippen LogP contribution < -0.4 is 20.3 Å². The van der Waals surface area contributed by atoms with E-state index in [0.717, 1.165) is 12.1 Å². The summed E-state index contributed by atoms with van der Waals surface area (Å²) < 4.78 is 31.3. The van der Waals surface area contributed by atoms with Gasteiger partial charge in [0.25, 0.3) is 0 Å². The second-order valence-corrected chi connectivity index (χ2v) is 4.86. The van der Waals surface area contributed by atoms with Crippen LogP contribution in [0.4, 0.5) is 25.2 Å². The fraction of sp³-hybridized carbons (Fsp3) is 0.286. The van der Waals surface area contributed by atoms with Gasteiger partial charge < -0.3 is 20.3 Å². The van der Waals surface area contributed by atoms with Crippen molar-refractivity contribution in [2.45, 2.75) is 6.54 Å². The fourth-order valence-electron chi connectivity index (χ4n) is 1.67. The first-order valence-corrected chi connectivity index (χ1v) is 6.85. The Hall–Kier alpha value is -3.04. The first-order valence-electron chi connectivity index (χ1n) is 6.85. The topological polar surface area (TPSA) is 92.3 Å². The van der Waals surface area contributed by atoms with Gasteiger partial charge in [-0.1, -0.05) is 0 Å². The molecule has 0 aliphatic carbocycles. The highest BCUT2D eigenvalue weighted by atomic mass is 19.1. The molecule has 0 radical (unpaired) electrons. The maximum Gasteiger partial charge on any atom is 0.321 e. The van der Waals surface area contributed by atoms with Crippen LogP contribution in [0.3, 0.4) is 0 Å². The normalized spacial score (nSPS) is 10.2. The summed E-state index contributed by atoms with van der Waals surface area (Å²) in [4.78, 5) is 25.6. The largest absolute Gasteiger partial charge is 0.467 e. The van der Waals surface area contributed by atoms with Gasteiger partial charge in [0.15, 0.2) is 5.82 Å². The highest BCUT2D eigenvalue weighted by molar-refractivity contribution is 5.89. The van der Waals surface area contributed by atoms with E-state index in [1.807, 2.05) is 0 Å². The van der Waals surface area contributed by atoms with Gasteiger partial charge in [0.05, 0.1) is 19.3 Å². The van der Waals surface area contributed by atoms with Crippen LogP contribution in [0, 0.1) is 11.6 Å². The van der Waals surface area contributed by atoms with Gasteiger partial charge in [-0.3, -0.25) is 0 Å². The maximum atomic E-state index is 13.5. The Morgan fingerprint density at radius 3 is 2.62 bits per heavy atom. The van der Waals surface area contributed by atoms with E-state index in [2.05, 4.69) is 25.6 Å². The number of hydrogen-bond acceptors (Lipinski definition) is 6. The van der Waals surface area contributed by atoms with Crippen molar-refractivity contribution in [2.24, 2.45) is 0 Å². The Balaban J connectivity index is 2.02. The third kappa shape index (κ3) is 4.48. The molecule has 0 unspecified atom stereocenters. The molecular formula is C14H16F2N6O2. The Labute approximate surface area is 136 Å². The molecule has 2 rings (SSSR count). The number of methoxy groups -OCH3 is 1. The Morgan fingerprint density at radius 1 is 1.25 bits per heavy atom. The number of anilines is 2. The molecule has 2 aromatic rings. The maximum absolute atomic E-state index is 13.5. The molecule has 1 aromatic carbocycles. The van der Waals surface area contributed by atoms with Crippen LogP contribution in [0.2, 0.25) is 0 Å². The highest BCUT2D eigenvalue weighted by Gasteiger charge is 2.11. The molecule has 10 heteroatoms. The van der Waals surface area contributed by atoms with Gasteiger partial charge in [-0.2, -0.15) is 15.0 Å². The number of carbonyl (C=O) groups excluding carboxylic acids is 1. The van der Waals surface area contributed by atoms with Gasteiger partial charge in [0, 0.05) is 20.2 Å². The first kappa shape index (κ1) is 17.3. The summed E-state index contributed by atoms with van der Waals surface area (Å²) in [6.45, 7) is -0.0334. The molecule has 2 N–H and O–H groups in total. The van der Waals surface area contributed by atoms with E-state index in [0.29, 0.717) is 12.0 Å². The van der Waals surface area contributed by atoms with Crippen molar-refractivity contribution < 1.29 is 18.3 Å². The molecule has 1 heterocycles. The first-order chi connectivity index (χ1) is 11.4. The van der Waals surface area contributed by atoms with Gasteiger partial charge >= 0.3 is 12.0 Å². The zero-order chi connectivity index (χ0) is 17.7. The number of ether oxygens (including phenoxy) is 1. The van der Waals surface area contributed by atoms with Gasteiger partial charge in [0.1, 0.15) is 11.6 Å². The van der Waals surface area contributed by atoms with E-state index in [1.54, 1.807) is 19.0 Å². The lowest BCUT2D eigenvalue weighted by Crippen LogP contribution is -2.29. The molecule has 128 valence electrons. The lowest BCUT2D eigenvalue weighted by molar-refractivity contribution is 0.251. The summed E-state index contributed by atoms with van der Waals surface area (Å²) in [6.07, 6.45) is 0. The smallest absolute Gasteiger partial charge is 0.321 e. The minimum absolute atomic E-state index is 0.0334. The van der Waals surface area contributed by atoms with Crippen LogP contribution >= 0.6 is 0 Å². The third-order valence-electron chi connectivity index (χ3n) is 2.82. The number of carbonyl (C=O) groups is 1. The summed E-state index contributed by atoms with van der Waals surface area (Å²) in [6, 6.07) is 2.26. The summed E-state index contributed by atoms with van der Waals surface area (Å²) in [5.41, 5.74) is -0.142. The number of halogens is 2. The molecule has 1 aromatic heterocycles. The molecule has 0 bridgehead atoms. The van der Waals surface area contributed by atoms with Crippen LogP contribution in [0.25, 0.3) is 0 Å². The minimum atomic E-state index is -0.873. The molecule has 0 aliphatic heterocycles. The SMILES string of the molecule is COc1nc(CNC(=O)Nc2ccc(F)cc2F)nc(N(C)C)n1. The van der Waals surface area contributed by atoms with Crippen LogP contribution in [0.15, 0.2) is 18.2 Å². The van der Waals surface area contributed by atoms with Crippen molar-refractivity contribution >= 4 is 17.7 Å². The quantitative estimate of drug-likeness (QED) is 0.859. The average Bonchev–Trinajstić information content (AvgIpc) is 2.55. The number of urea groups is 1. The summed E-state index contributed by atoms with van der Waals surface area (Å²) in [5, 5.41) is 4.74. The van der Waals surface area contributed by atoms with E-state index in [1.165, 1.54) is 7.11 Å². The number of nitrogens with one attached hydrogen (secondary N) is 2. The summed E-state index contributed by atoms with van der Waals surface area (Å²) >= 11 is 0. The van der Waals surface area contributed by atoms with Crippen molar-refractivity contribution in [1.29, 1.82) is 0 Å². The third-order valence-corrected chi connectivity index (χ3v) is 2.82. The Kier molecular flexibility index (Phi) is 5.40. The van der Waals surface area contributed by atoms with Gasteiger partial charge in [-0.15, -0.1) is 0 Å². The number of benzene rings is 1. The van der Waals surface area contributed by atoms with Crippen molar-refractivity contribution in [3.05, 3.63) is 35.7 Å². The summed E-state index contributed by atoms with van der Waals surface area (Å²) in [5.74, 6) is -0.974. The predicted octanol–water partition coefficient (Wildman–Crippen LogP) is 1.55. The zero-order valence-corrected chi connectivity index (χ0v) is 13.3. The molecule has 24 heavy (non-hydrogen) atoms. The number of hydrogen-bond donors (Lipinski definition) is 2. The van der Waals surface area contributed by atoms with Crippen LogP contribution in [-0.2, 0) is 6.54 Å². The Bertz CT molecular complexity index is 741. The summed E-state index contributed by atoms with van der Waals surface area (Å²) in [7, 11) is 4.90. The van der Waals surface area contributed by atoms with E-state index < -0.39 is 17.7 Å². The molecule has 0 spiro atoms. The van der Waals surface area contributed by atoms with Crippen molar-refractivity contribution in [1.82, 2.24) is 20.3 Å². The molecule has 8 nitrogen and oxygen atoms in total. The second-order valence-electron chi connectivity index (χ2n) is 4.86. The van der Waals surface area contributed by atoms with Crippen molar-refractivity contribution in [3.63, 3.8) is 0 Å². The average molecular weight is 338 g/mol. The zero-order valence-electron chi connectivity index (χ0n) is 13.3. The molecule has 2 amide bonds. The second kappa shape index (κ2) is 7.49. The number of nitrogens with zero attached hydrogens (tertiary/aromatic N) is 4. The molecule has 0 fully saturated rings. The minimum Gasteiger partial charge on any atom is -0.467 e. The number of aromatic nitrogens is 3. The standard InChI is InChI=1S/C14H16F2N6O2/c1-22(2)12-19-11(20-14(21-12)24-3)7-17-13(23)18-10-5-4-8(15)6-9(10)16/h4-6H,7H2,1-3H3,(H2,17,18,23). The number of amides is 2. The lowest BCUT2D eigenvalue weighted by Gasteiger charge is -2.12. The van der Waals surface area contributed by atoms with Gasteiger partial charge in [0.2, 0.25) is 5.95 Å². The number of rotatable bonds is 5. The van der Waals surface area contributed by atoms with Crippen LogP contribution in [-0.4, -0.2) is 42.2 Å². The van der Waals surface area contributed by atoms with Crippen LogP contribution in [0.5, 0.6) is 6.01 Å². The molecule has 0 atom stereocenters. The van der Waals surface area contributed by atoms with E-state index in [-0.39, 0.29) is 24.1 Å². The van der Waals surface area contributed by atoms with Gasteiger partial charge in [-0.25, -0.2) is 13.6 Å². The van der Waals surface area contributed by atoms with Crippen molar-refractivity contribution in [2.75, 3.05) is 31.4 Å². The Morgan fingerprint density at radius 2 is 2.00 bits per heavy atom. The fourth-order valence-corrected chi connectivity index (χ4v) is 1.67. The van der Waals surface area contributed by atoms with E-state index >= 15 is 0 Å². The molecule has 0 saturated carbocycles. The molecule has 0 aliphatic rings. The molecule has 0 saturated heterocycles. The van der Waals surface area contributed by atoms with Gasteiger partial charge in [-0.05, 0) is 12.1 Å². The highest BCUT2D eigenvalue weighted by Crippen LogP contribution is 2.14. The lowest BCUT2D eigenvalue weighted by atomic mass is 10.3. The monoisotopic (exact) mass is 338 g/mol. The predicted molar refractivity (Wildman–Crippen MR) is 82.9 cm³/mol. The van der Waals surface area contributed by atoms with Crippen LogP contribution in [0.1, 0.15) is 5.82 Å².